The van der Waals surface area contributed by atoms with Gasteiger partial charge in [-0.3, -0.25) is 19.2 Å². The molecule has 0 aromatic heterocycles. The number of rotatable bonds is 11. The predicted octanol–water partition coefficient (Wildman–Crippen LogP) is 2.70. The minimum absolute atomic E-state index is 0.0502. The van der Waals surface area contributed by atoms with Crippen molar-refractivity contribution in [1.29, 1.82) is 0 Å². The van der Waals surface area contributed by atoms with Crippen LogP contribution in [-0.4, -0.2) is 51.4 Å². The molecule has 3 aliphatic rings. The SMILES string of the molecule is CC[C@H](C)/C=C/C=C/C=C/C(=O)NC1=C[C@@](O)(/C=C/C=C/C=C/C(=O)NC2=C(O)CCC2=O)[C@@H]2O[C@@H]2C1=O. The highest BCUT2D eigenvalue weighted by Crippen LogP contribution is 2.40. The summed E-state index contributed by atoms with van der Waals surface area (Å²) >= 11 is 0. The first-order valence-corrected chi connectivity index (χ1v) is 12.4. The molecule has 0 radical (unpaired) electrons. The maximum atomic E-state index is 12.4. The molecule has 0 bridgehead atoms. The number of nitrogens with one attached hydrogen (secondary N) is 2. The maximum absolute atomic E-state index is 12.4. The summed E-state index contributed by atoms with van der Waals surface area (Å²) in [5, 5.41) is 25.4. The number of aliphatic hydroxyl groups excluding tert-OH is 1. The molecule has 4 atom stereocenters. The number of amides is 2. The van der Waals surface area contributed by atoms with Gasteiger partial charge >= 0.3 is 0 Å². The lowest BCUT2D eigenvalue weighted by Gasteiger charge is -2.23. The van der Waals surface area contributed by atoms with Gasteiger partial charge in [-0.2, -0.15) is 0 Å². The lowest BCUT2D eigenvalue weighted by Crippen LogP contribution is -2.42. The summed E-state index contributed by atoms with van der Waals surface area (Å²) in [6, 6.07) is 0. The highest BCUT2D eigenvalue weighted by Gasteiger charge is 2.59. The molecule has 38 heavy (non-hydrogen) atoms. The lowest BCUT2D eigenvalue weighted by atomic mass is 9.88. The molecule has 1 fully saturated rings. The Kier molecular flexibility index (Phi) is 9.70. The number of Topliss-reactive ketones (excluding diaryl/α,β-unsaturated/α-hetero) is 2. The topological polar surface area (TPSA) is 145 Å². The van der Waals surface area contributed by atoms with Gasteiger partial charge in [-0.1, -0.05) is 75.0 Å². The van der Waals surface area contributed by atoms with E-state index in [-0.39, 0.29) is 35.8 Å². The third kappa shape index (κ3) is 7.71. The number of allylic oxidation sites excluding steroid dienone is 11. The largest absolute Gasteiger partial charge is 0.510 e. The van der Waals surface area contributed by atoms with Gasteiger partial charge in [-0.25, -0.2) is 0 Å². The minimum atomic E-state index is -1.61. The average molecular weight is 521 g/mol. The van der Waals surface area contributed by atoms with Crippen molar-refractivity contribution in [3.8, 4) is 0 Å². The molecule has 0 aromatic rings. The van der Waals surface area contributed by atoms with Crippen molar-refractivity contribution < 1.29 is 34.1 Å². The summed E-state index contributed by atoms with van der Waals surface area (Å²) in [5.41, 5.74) is -1.73. The number of carbonyl (C=O) groups excluding carboxylic acids is 4. The Morgan fingerprint density at radius 2 is 1.66 bits per heavy atom. The summed E-state index contributed by atoms with van der Waals surface area (Å²) in [5.74, 6) is -1.46. The predicted molar refractivity (Wildman–Crippen MR) is 141 cm³/mol. The van der Waals surface area contributed by atoms with Crippen LogP contribution in [0.15, 0.2) is 96.1 Å². The van der Waals surface area contributed by atoms with Gasteiger partial charge in [-0.05, 0) is 18.1 Å². The van der Waals surface area contributed by atoms with E-state index >= 15 is 0 Å². The Labute approximate surface area is 221 Å². The first-order valence-electron chi connectivity index (χ1n) is 12.4. The normalized spacial score (nSPS) is 26.4. The molecule has 2 aliphatic carbocycles. The molecule has 3 rings (SSSR count). The van der Waals surface area contributed by atoms with Crippen molar-refractivity contribution in [1.82, 2.24) is 10.6 Å². The Bertz CT molecular complexity index is 1220. The molecule has 1 saturated heterocycles. The zero-order valence-corrected chi connectivity index (χ0v) is 21.3. The Hall–Kier alpha value is -4.08. The molecule has 4 N–H and O–H groups in total. The van der Waals surface area contributed by atoms with Crippen LogP contribution < -0.4 is 10.6 Å². The third-order valence-corrected chi connectivity index (χ3v) is 6.12. The highest BCUT2D eigenvalue weighted by atomic mass is 16.6. The van der Waals surface area contributed by atoms with Crippen LogP contribution >= 0.6 is 0 Å². The Morgan fingerprint density at radius 3 is 2.29 bits per heavy atom. The van der Waals surface area contributed by atoms with Crippen molar-refractivity contribution in [3.05, 3.63) is 96.1 Å². The number of ketones is 2. The van der Waals surface area contributed by atoms with E-state index in [1.165, 1.54) is 42.5 Å². The minimum Gasteiger partial charge on any atom is -0.510 e. The van der Waals surface area contributed by atoms with E-state index in [0.29, 0.717) is 5.92 Å². The highest BCUT2D eigenvalue weighted by molar-refractivity contribution is 6.06. The molecule has 0 spiro atoms. The van der Waals surface area contributed by atoms with E-state index in [0.717, 1.165) is 6.42 Å². The second-order valence-electron chi connectivity index (χ2n) is 9.13. The molecule has 2 amide bonds. The van der Waals surface area contributed by atoms with E-state index in [1.807, 2.05) is 6.08 Å². The van der Waals surface area contributed by atoms with Crippen LogP contribution in [0.4, 0.5) is 0 Å². The van der Waals surface area contributed by atoms with Gasteiger partial charge in [0.15, 0.2) is 11.9 Å². The van der Waals surface area contributed by atoms with Gasteiger partial charge in [0.1, 0.15) is 23.2 Å². The summed E-state index contributed by atoms with van der Waals surface area (Å²) in [7, 11) is 0. The fraction of sp³-hybridized carbons (Fsp3) is 0.310. The van der Waals surface area contributed by atoms with E-state index in [9.17, 15) is 29.4 Å². The zero-order chi connectivity index (χ0) is 27.7. The van der Waals surface area contributed by atoms with Crippen molar-refractivity contribution in [3.63, 3.8) is 0 Å². The molecule has 9 heteroatoms. The van der Waals surface area contributed by atoms with Crippen LogP contribution in [0.2, 0.25) is 0 Å². The van der Waals surface area contributed by atoms with Crippen molar-refractivity contribution in [2.24, 2.45) is 5.92 Å². The summed E-state index contributed by atoms with van der Waals surface area (Å²) < 4.78 is 5.33. The molecular formula is C29H32N2O7. The standard InChI is InChI=1S/C29H32N2O7/c1-3-19(2)12-8-4-5-9-13-23(34)30-20-18-29(37,28-27(38-28)26(20)36)17-11-7-6-10-14-24(35)31-25-21(32)15-16-22(25)33/h4-14,17-19,27-28,32,37H,3,15-16H2,1-2H3,(H,30,34)(H,31,35)/b5-4+,7-6+,12-8+,13-9+,14-10+,17-11+/t19-,27+,28+,29-/m0/s1. The molecule has 0 unspecified atom stereocenters. The van der Waals surface area contributed by atoms with Gasteiger partial charge in [0.05, 0.1) is 5.70 Å². The maximum Gasteiger partial charge on any atom is 0.248 e. The number of ether oxygens (including phenoxy) is 1. The smallest absolute Gasteiger partial charge is 0.248 e. The van der Waals surface area contributed by atoms with Crippen LogP contribution in [0.25, 0.3) is 0 Å². The van der Waals surface area contributed by atoms with Crippen LogP contribution in [0.1, 0.15) is 33.1 Å². The van der Waals surface area contributed by atoms with Gasteiger partial charge in [-0.15, -0.1) is 0 Å². The summed E-state index contributed by atoms with van der Waals surface area (Å²) in [6.07, 6.45) is 20.0. The van der Waals surface area contributed by atoms with Crippen LogP contribution in [-0.2, 0) is 23.9 Å². The van der Waals surface area contributed by atoms with E-state index in [2.05, 4.69) is 30.6 Å². The number of carbonyl (C=O) groups is 4. The lowest BCUT2D eigenvalue weighted by molar-refractivity contribution is -0.121. The van der Waals surface area contributed by atoms with Crippen molar-refractivity contribution in [2.45, 2.75) is 50.9 Å². The van der Waals surface area contributed by atoms with E-state index in [4.69, 9.17) is 4.74 Å². The van der Waals surface area contributed by atoms with E-state index in [1.54, 1.807) is 24.3 Å². The summed E-state index contributed by atoms with van der Waals surface area (Å²) in [6.45, 7) is 4.21. The van der Waals surface area contributed by atoms with Crippen LogP contribution in [0, 0.1) is 5.92 Å². The van der Waals surface area contributed by atoms with Crippen LogP contribution in [0.5, 0.6) is 0 Å². The first kappa shape index (κ1) is 28.5. The molecule has 9 nitrogen and oxygen atoms in total. The number of epoxide rings is 1. The molecular weight excluding hydrogens is 488 g/mol. The van der Waals surface area contributed by atoms with Gasteiger partial charge in [0.25, 0.3) is 0 Å². The molecule has 0 aromatic carbocycles. The Morgan fingerprint density at radius 1 is 1.03 bits per heavy atom. The molecule has 1 heterocycles. The number of aliphatic hydroxyl groups is 2. The van der Waals surface area contributed by atoms with Gasteiger partial charge in [0.2, 0.25) is 17.6 Å². The monoisotopic (exact) mass is 520 g/mol. The molecule has 200 valence electrons. The fourth-order valence-electron chi connectivity index (χ4n) is 3.71. The Balaban J connectivity index is 1.54. The quantitative estimate of drug-likeness (QED) is 0.186. The van der Waals surface area contributed by atoms with E-state index < -0.39 is 35.4 Å². The van der Waals surface area contributed by atoms with Crippen molar-refractivity contribution in [2.75, 3.05) is 0 Å². The van der Waals surface area contributed by atoms with Crippen LogP contribution in [0.3, 0.4) is 0 Å². The second kappa shape index (κ2) is 12.9. The molecule has 0 saturated carbocycles. The van der Waals surface area contributed by atoms with Crippen molar-refractivity contribution >= 4 is 23.4 Å². The number of hydrogen-bond acceptors (Lipinski definition) is 7. The zero-order valence-electron chi connectivity index (χ0n) is 21.3. The fourth-order valence-corrected chi connectivity index (χ4v) is 3.71. The second-order valence-corrected chi connectivity index (χ2v) is 9.13. The van der Waals surface area contributed by atoms with Gasteiger partial charge in [0, 0.05) is 25.0 Å². The first-order chi connectivity index (χ1) is 18.1. The summed E-state index contributed by atoms with van der Waals surface area (Å²) in [4.78, 5) is 48.2. The number of hydrogen-bond donors (Lipinski definition) is 4. The number of fused-ring (bicyclic) bond motifs is 1. The third-order valence-electron chi connectivity index (χ3n) is 6.12. The molecule has 1 aliphatic heterocycles. The van der Waals surface area contributed by atoms with Gasteiger partial charge < -0.3 is 25.6 Å². The average Bonchev–Trinajstić information content (AvgIpc) is 3.65.